The maximum Gasteiger partial charge on any atom is 0.312 e. The molecule has 8 nitrogen and oxygen atoms in total. The summed E-state index contributed by atoms with van der Waals surface area (Å²) in [6.45, 7) is 0. The summed E-state index contributed by atoms with van der Waals surface area (Å²) in [7, 11) is 0. The van der Waals surface area contributed by atoms with Crippen LogP contribution in [0.4, 0.5) is 5.69 Å². The molecule has 0 aliphatic rings. The molecular weight excluding hydrogens is 504 g/mol. The second-order valence-corrected chi connectivity index (χ2v) is 8.77. The molecule has 9 heteroatoms. The van der Waals surface area contributed by atoms with Crippen molar-refractivity contribution >= 4 is 40.3 Å². The fourth-order valence-corrected chi connectivity index (χ4v) is 4.26. The predicted octanol–water partition coefficient (Wildman–Crippen LogP) is 6.60. The van der Waals surface area contributed by atoms with Crippen LogP contribution in [0.15, 0.2) is 102 Å². The summed E-state index contributed by atoms with van der Waals surface area (Å²) < 4.78 is 0. The Balaban J connectivity index is 1.45. The largest absolute Gasteiger partial charge is 0.502 e. The van der Waals surface area contributed by atoms with Crippen molar-refractivity contribution in [3.8, 4) is 28.1 Å². The van der Waals surface area contributed by atoms with Gasteiger partial charge in [0.15, 0.2) is 0 Å². The highest BCUT2D eigenvalue weighted by Crippen LogP contribution is 2.32. The van der Waals surface area contributed by atoms with Gasteiger partial charge in [0.1, 0.15) is 0 Å². The average Bonchev–Trinajstić information content (AvgIpc) is 2.94. The molecule has 0 aliphatic carbocycles. The number of carbonyl (C=O) groups is 1. The number of aromatic nitrogens is 1. The minimum atomic E-state index is -0.756. The molecule has 5 aromatic rings. The molecule has 38 heavy (non-hydrogen) atoms. The molecule has 0 aliphatic heterocycles. The maximum atomic E-state index is 13.1. The molecule has 186 valence electrons. The van der Waals surface area contributed by atoms with Gasteiger partial charge in [-0.15, -0.1) is 0 Å². The third kappa shape index (κ3) is 5.07. The van der Waals surface area contributed by atoms with Gasteiger partial charge in [0.05, 0.1) is 27.9 Å². The van der Waals surface area contributed by atoms with E-state index in [9.17, 15) is 20.0 Å². The van der Waals surface area contributed by atoms with Gasteiger partial charge in [-0.2, -0.15) is 5.10 Å². The van der Waals surface area contributed by atoms with Crippen LogP contribution in [0.3, 0.4) is 0 Å². The van der Waals surface area contributed by atoms with Crippen LogP contribution in [0.5, 0.6) is 5.75 Å². The molecule has 0 saturated heterocycles. The third-order valence-electron chi connectivity index (χ3n) is 5.90. The second kappa shape index (κ2) is 10.5. The van der Waals surface area contributed by atoms with Gasteiger partial charge in [0.25, 0.3) is 5.91 Å². The molecule has 0 fully saturated rings. The van der Waals surface area contributed by atoms with Gasteiger partial charge >= 0.3 is 5.69 Å². The van der Waals surface area contributed by atoms with Gasteiger partial charge in [-0.1, -0.05) is 84.4 Å². The van der Waals surface area contributed by atoms with Gasteiger partial charge in [0.2, 0.25) is 5.75 Å². The lowest BCUT2D eigenvalue weighted by atomic mass is 10.0. The van der Waals surface area contributed by atoms with Crippen LogP contribution < -0.4 is 5.43 Å². The Hall–Kier alpha value is -5.08. The Bertz CT molecular complexity index is 1700. The van der Waals surface area contributed by atoms with Crippen LogP contribution in [0, 0.1) is 10.1 Å². The molecule has 0 unspecified atom stereocenters. The molecule has 0 spiro atoms. The van der Waals surface area contributed by atoms with Crippen molar-refractivity contribution in [2.75, 3.05) is 0 Å². The van der Waals surface area contributed by atoms with E-state index in [2.05, 4.69) is 10.5 Å². The number of nitrogens with one attached hydrogen (secondary N) is 1. The van der Waals surface area contributed by atoms with E-state index in [1.807, 2.05) is 72.8 Å². The maximum absolute atomic E-state index is 13.1. The number of pyridine rings is 1. The van der Waals surface area contributed by atoms with E-state index in [0.717, 1.165) is 29.0 Å². The third-order valence-corrected chi connectivity index (χ3v) is 6.12. The lowest BCUT2D eigenvalue weighted by molar-refractivity contribution is -0.385. The number of hydrazone groups is 1. The first kappa shape index (κ1) is 24.6. The summed E-state index contributed by atoms with van der Waals surface area (Å²) >= 11 is 5.92. The van der Waals surface area contributed by atoms with E-state index >= 15 is 0 Å². The van der Waals surface area contributed by atoms with Crippen molar-refractivity contribution in [3.05, 3.63) is 123 Å². The first-order valence-electron chi connectivity index (χ1n) is 11.5. The van der Waals surface area contributed by atoms with Gasteiger partial charge in [-0.3, -0.25) is 14.9 Å². The fraction of sp³-hybridized carbons (Fsp3) is 0. The number of nitro benzene ring substituents is 1. The summed E-state index contributed by atoms with van der Waals surface area (Å²) in [6.07, 6.45) is 1.10. The van der Waals surface area contributed by atoms with E-state index in [0.29, 0.717) is 22.2 Å². The number of hydrogen-bond donors (Lipinski definition) is 2. The smallest absolute Gasteiger partial charge is 0.312 e. The lowest BCUT2D eigenvalue weighted by Crippen LogP contribution is -2.18. The quantitative estimate of drug-likeness (QED) is 0.148. The summed E-state index contributed by atoms with van der Waals surface area (Å²) in [6, 6.07) is 29.2. The summed E-state index contributed by atoms with van der Waals surface area (Å²) in [5.74, 6) is -1.12. The Kier molecular flexibility index (Phi) is 6.80. The molecule has 0 atom stereocenters. The van der Waals surface area contributed by atoms with Gasteiger partial charge in [0, 0.05) is 27.6 Å². The van der Waals surface area contributed by atoms with Crippen LogP contribution >= 0.6 is 11.6 Å². The zero-order chi connectivity index (χ0) is 26.6. The number of rotatable bonds is 6. The number of nitrogens with zero attached hydrogens (tertiary/aromatic N) is 3. The van der Waals surface area contributed by atoms with Crippen molar-refractivity contribution < 1.29 is 14.8 Å². The predicted molar refractivity (Wildman–Crippen MR) is 147 cm³/mol. The van der Waals surface area contributed by atoms with E-state index in [1.54, 1.807) is 12.1 Å². The lowest BCUT2D eigenvalue weighted by Gasteiger charge is -2.10. The van der Waals surface area contributed by atoms with E-state index < -0.39 is 22.3 Å². The van der Waals surface area contributed by atoms with Crippen LogP contribution in [0.1, 0.15) is 15.9 Å². The molecule has 0 radical (unpaired) electrons. The van der Waals surface area contributed by atoms with Crippen LogP contribution in [0.25, 0.3) is 33.3 Å². The van der Waals surface area contributed by atoms with Crippen molar-refractivity contribution in [2.24, 2.45) is 5.10 Å². The van der Waals surface area contributed by atoms with E-state index in [1.165, 1.54) is 6.07 Å². The number of benzene rings is 4. The first-order valence-corrected chi connectivity index (χ1v) is 11.8. The Morgan fingerprint density at radius 2 is 1.58 bits per heavy atom. The summed E-state index contributed by atoms with van der Waals surface area (Å²) in [5, 5.41) is 25.8. The Morgan fingerprint density at radius 3 is 2.32 bits per heavy atom. The van der Waals surface area contributed by atoms with Crippen LogP contribution in [-0.2, 0) is 0 Å². The highest BCUT2D eigenvalue weighted by atomic mass is 35.5. The summed E-state index contributed by atoms with van der Waals surface area (Å²) in [4.78, 5) is 28.3. The average molecular weight is 523 g/mol. The topological polar surface area (TPSA) is 118 Å². The molecular formula is C29H19ClN4O4. The molecule has 2 N–H and O–H groups in total. The minimum Gasteiger partial charge on any atom is -0.502 e. The fourth-order valence-electron chi connectivity index (χ4n) is 4.04. The van der Waals surface area contributed by atoms with Gasteiger partial charge in [-0.25, -0.2) is 10.4 Å². The standard InChI is InChI=1S/C29H19ClN4O4/c30-22-14-21(28(35)27(15-22)34(37)38)17-31-33-29(36)24-16-26(32-25-9-5-4-8-23(24)25)20-12-10-19(11-13-20)18-6-2-1-3-7-18/h1-17,35H,(H,33,36). The molecule has 5 rings (SSSR count). The Labute approximate surface area is 222 Å². The number of phenols is 1. The van der Waals surface area contributed by atoms with Crippen LogP contribution in [0.2, 0.25) is 5.02 Å². The number of aromatic hydroxyl groups is 1. The number of carbonyl (C=O) groups excluding carboxylic acids is 1. The van der Waals surface area contributed by atoms with Crippen LogP contribution in [-0.4, -0.2) is 27.1 Å². The molecule has 4 aromatic carbocycles. The molecule has 1 amide bonds. The van der Waals surface area contributed by atoms with Crippen molar-refractivity contribution in [1.29, 1.82) is 0 Å². The first-order chi connectivity index (χ1) is 18.4. The molecule has 1 aromatic heterocycles. The van der Waals surface area contributed by atoms with Gasteiger partial charge < -0.3 is 5.11 Å². The normalized spacial score (nSPS) is 11.1. The second-order valence-electron chi connectivity index (χ2n) is 8.33. The zero-order valence-corrected chi connectivity index (χ0v) is 20.5. The van der Waals surface area contributed by atoms with Crippen molar-refractivity contribution in [1.82, 2.24) is 10.4 Å². The highest BCUT2D eigenvalue weighted by Gasteiger charge is 2.18. The highest BCUT2D eigenvalue weighted by molar-refractivity contribution is 6.31. The zero-order valence-electron chi connectivity index (χ0n) is 19.7. The summed E-state index contributed by atoms with van der Waals surface area (Å²) in [5.41, 5.74) is 6.44. The van der Waals surface area contributed by atoms with E-state index in [4.69, 9.17) is 16.6 Å². The minimum absolute atomic E-state index is 0.0109. The van der Waals surface area contributed by atoms with Crippen molar-refractivity contribution in [2.45, 2.75) is 0 Å². The van der Waals surface area contributed by atoms with E-state index in [-0.39, 0.29) is 10.6 Å². The number of hydrogen-bond acceptors (Lipinski definition) is 6. The molecule has 0 saturated carbocycles. The number of halogens is 1. The molecule has 1 heterocycles. The number of amides is 1. The van der Waals surface area contributed by atoms with Crippen molar-refractivity contribution in [3.63, 3.8) is 0 Å². The molecule has 0 bridgehead atoms. The van der Waals surface area contributed by atoms with Gasteiger partial charge in [-0.05, 0) is 29.3 Å². The SMILES string of the molecule is O=C(NN=Cc1cc(Cl)cc([N+](=O)[O-])c1O)c1cc(-c2ccc(-c3ccccc3)cc2)nc2ccccc12. The number of para-hydroxylation sites is 1. The Morgan fingerprint density at radius 1 is 0.921 bits per heavy atom. The number of fused-ring (bicyclic) bond motifs is 1. The number of phenolic OH excluding ortho intramolecular Hbond substituents is 1. The monoisotopic (exact) mass is 522 g/mol. The number of nitro groups is 1.